The summed E-state index contributed by atoms with van der Waals surface area (Å²) in [6.07, 6.45) is -0.564. The lowest BCUT2D eigenvalue weighted by molar-refractivity contribution is -0.122. The van der Waals surface area contributed by atoms with Gasteiger partial charge in [-0.25, -0.2) is 0 Å². The molecule has 26 heavy (non-hydrogen) atoms. The van der Waals surface area contributed by atoms with Crippen molar-refractivity contribution in [3.63, 3.8) is 0 Å². The Bertz CT molecular complexity index is 721. The number of hydrogen-bond donors (Lipinski definition) is 1. The minimum atomic E-state index is -0.564. The van der Waals surface area contributed by atoms with Gasteiger partial charge in [0.15, 0.2) is 6.10 Å². The predicted molar refractivity (Wildman–Crippen MR) is 108 cm³/mol. The summed E-state index contributed by atoms with van der Waals surface area (Å²) < 4.78 is 5.85. The molecule has 0 aliphatic rings. The van der Waals surface area contributed by atoms with E-state index in [0.29, 0.717) is 0 Å². The number of amides is 1. The number of nitrogens with zero attached hydrogens (tertiary/aromatic N) is 1. The zero-order chi connectivity index (χ0) is 19.1. The zero-order valence-electron chi connectivity index (χ0n) is 16.5. The van der Waals surface area contributed by atoms with Gasteiger partial charge < -0.3 is 10.1 Å². The largest absolute Gasteiger partial charge is 0.481 e. The highest BCUT2D eigenvalue weighted by molar-refractivity contribution is 5.94. The van der Waals surface area contributed by atoms with E-state index in [2.05, 4.69) is 36.2 Å². The van der Waals surface area contributed by atoms with Crippen LogP contribution < -0.4 is 10.1 Å². The van der Waals surface area contributed by atoms with E-state index in [4.69, 9.17) is 4.74 Å². The van der Waals surface area contributed by atoms with Crippen LogP contribution >= 0.6 is 0 Å². The molecule has 0 aromatic heterocycles. The van der Waals surface area contributed by atoms with E-state index in [1.807, 2.05) is 44.2 Å². The SMILES string of the molecule is CCN(CC)Cc1ccc(NC(=O)C(C)Oc2cccc(C)c2C)cc1. The normalized spacial score (nSPS) is 12.1. The fourth-order valence-corrected chi connectivity index (χ4v) is 2.74. The number of carbonyl (C=O) groups is 1. The van der Waals surface area contributed by atoms with Crippen molar-refractivity contribution in [1.29, 1.82) is 0 Å². The maximum absolute atomic E-state index is 12.4. The monoisotopic (exact) mass is 354 g/mol. The summed E-state index contributed by atoms with van der Waals surface area (Å²) in [6, 6.07) is 13.9. The van der Waals surface area contributed by atoms with Crippen molar-refractivity contribution >= 4 is 11.6 Å². The fourth-order valence-electron chi connectivity index (χ4n) is 2.74. The number of ether oxygens (including phenoxy) is 1. The van der Waals surface area contributed by atoms with Crippen molar-refractivity contribution < 1.29 is 9.53 Å². The van der Waals surface area contributed by atoms with Crippen LogP contribution in [0, 0.1) is 13.8 Å². The standard InChI is InChI=1S/C22H30N2O2/c1-6-24(7-2)15-19-11-13-20(14-12-19)23-22(25)18(5)26-21-10-8-9-16(3)17(21)4/h8-14,18H,6-7,15H2,1-5H3,(H,23,25). The molecule has 0 aliphatic heterocycles. The Hall–Kier alpha value is -2.33. The first-order valence-corrected chi connectivity index (χ1v) is 9.29. The van der Waals surface area contributed by atoms with Crippen LogP contribution in [0.25, 0.3) is 0 Å². The maximum Gasteiger partial charge on any atom is 0.265 e. The molecule has 1 N–H and O–H groups in total. The lowest BCUT2D eigenvalue weighted by atomic mass is 10.1. The Morgan fingerprint density at radius 1 is 1.08 bits per heavy atom. The van der Waals surface area contributed by atoms with Crippen LogP contribution in [0.1, 0.15) is 37.5 Å². The van der Waals surface area contributed by atoms with Crippen molar-refractivity contribution in [2.24, 2.45) is 0 Å². The topological polar surface area (TPSA) is 41.6 Å². The van der Waals surface area contributed by atoms with E-state index in [-0.39, 0.29) is 5.91 Å². The van der Waals surface area contributed by atoms with Crippen LogP contribution in [0.15, 0.2) is 42.5 Å². The van der Waals surface area contributed by atoms with Gasteiger partial charge in [-0.1, -0.05) is 38.1 Å². The summed E-state index contributed by atoms with van der Waals surface area (Å²) >= 11 is 0. The van der Waals surface area contributed by atoms with Crippen molar-refractivity contribution in [3.05, 3.63) is 59.2 Å². The molecule has 1 unspecified atom stereocenters. The summed E-state index contributed by atoms with van der Waals surface area (Å²) in [4.78, 5) is 14.8. The Morgan fingerprint density at radius 3 is 2.35 bits per heavy atom. The van der Waals surface area contributed by atoms with Crippen molar-refractivity contribution in [2.75, 3.05) is 18.4 Å². The second-order valence-corrected chi connectivity index (χ2v) is 6.61. The molecule has 1 atom stereocenters. The van der Waals surface area contributed by atoms with Gasteiger partial charge >= 0.3 is 0 Å². The highest BCUT2D eigenvalue weighted by atomic mass is 16.5. The van der Waals surface area contributed by atoms with Crippen molar-refractivity contribution in [1.82, 2.24) is 4.90 Å². The van der Waals surface area contributed by atoms with Gasteiger partial charge in [0.05, 0.1) is 0 Å². The zero-order valence-corrected chi connectivity index (χ0v) is 16.5. The van der Waals surface area contributed by atoms with Crippen LogP contribution in [0.5, 0.6) is 5.75 Å². The Morgan fingerprint density at radius 2 is 1.73 bits per heavy atom. The number of anilines is 1. The number of aryl methyl sites for hydroxylation is 1. The molecule has 0 spiro atoms. The average molecular weight is 354 g/mol. The number of hydrogen-bond acceptors (Lipinski definition) is 3. The highest BCUT2D eigenvalue weighted by Gasteiger charge is 2.16. The van der Waals surface area contributed by atoms with Crippen LogP contribution in [0.2, 0.25) is 0 Å². The predicted octanol–water partition coefficient (Wildman–Crippen LogP) is 4.55. The van der Waals surface area contributed by atoms with Gasteiger partial charge in [0, 0.05) is 12.2 Å². The van der Waals surface area contributed by atoms with E-state index in [1.165, 1.54) is 5.56 Å². The van der Waals surface area contributed by atoms with Crippen molar-refractivity contribution in [3.8, 4) is 5.75 Å². The fraction of sp³-hybridized carbons (Fsp3) is 0.409. The molecule has 1 amide bonds. The van der Waals surface area contributed by atoms with Gasteiger partial charge in [-0.15, -0.1) is 0 Å². The van der Waals surface area contributed by atoms with E-state index in [1.54, 1.807) is 6.92 Å². The Kier molecular flexibility index (Phi) is 7.22. The van der Waals surface area contributed by atoms with Crippen LogP contribution in [0.3, 0.4) is 0 Å². The summed E-state index contributed by atoms with van der Waals surface area (Å²) in [5.74, 6) is 0.601. The van der Waals surface area contributed by atoms with Gasteiger partial charge in [-0.2, -0.15) is 0 Å². The number of carbonyl (C=O) groups excluding carboxylic acids is 1. The van der Waals surface area contributed by atoms with Gasteiger partial charge in [0.25, 0.3) is 5.91 Å². The first-order chi connectivity index (χ1) is 12.4. The molecule has 0 fully saturated rings. The maximum atomic E-state index is 12.4. The van der Waals surface area contributed by atoms with Gasteiger partial charge in [0.1, 0.15) is 5.75 Å². The van der Waals surface area contributed by atoms with Crippen LogP contribution in [0.4, 0.5) is 5.69 Å². The molecule has 0 heterocycles. The molecular weight excluding hydrogens is 324 g/mol. The molecule has 2 rings (SSSR count). The number of nitrogens with one attached hydrogen (secondary N) is 1. The van der Waals surface area contributed by atoms with E-state index >= 15 is 0 Å². The number of benzene rings is 2. The summed E-state index contributed by atoms with van der Waals surface area (Å²) in [7, 11) is 0. The molecule has 2 aromatic carbocycles. The molecule has 0 saturated carbocycles. The Balaban J connectivity index is 1.95. The quantitative estimate of drug-likeness (QED) is 0.756. The molecule has 0 saturated heterocycles. The molecule has 4 heteroatoms. The van der Waals surface area contributed by atoms with Gasteiger partial charge in [-0.05, 0) is 68.8 Å². The first kappa shape index (κ1) is 20.0. The molecule has 0 radical (unpaired) electrons. The summed E-state index contributed by atoms with van der Waals surface area (Å²) in [6.45, 7) is 13.1. The average Bonchev–Trinajstić information content (AvgIpc) is 2.64. The Labute approximate surface area is 157 Å². The lowest BCUT2D eigenvalue weighted by Crippen LogP contribution is -2.30. The van der Waals surface area contributed by atoms with Gasteiger partial charge in [-0.3, -0.25) is 9.69 Å². The third-order valence-electron chi connectivity index (χ3n) is 4.75. The minimum absolute atomic E-state index is 0.151. The summed E-state index contributed by atoms with van der Waals surface area (Å²) in [5, 5.41) is 2.93. The molecule has 4 nitrogen and oxygen atoms in total. The molecule has 0 bridgehead atoms. The smallest absolute Gasteiger partial charge is 0.265 e. The van der Waals surface area contributed by atoms with Crippen LogP contribution in [-0.2, 0) is 11.3 Å². The molecule has 140 valence electrons. The van der Waals surface area contributed by atoms with E-state index < -0.39 is 6.10 Å². The van der Waals surface area contributed by atoms with Crippen LogP contribution in [-0.4, -0.2) is 30.0 Å². The minimum Gasteiger partial charge on any atom is -0.481 e. The number of rotatable bonds is 8. The lowest BCUT2D eigenvalue weighted by Gasteiger charge is -2.19. The van der Waals surface area contributed by atoms with Gasteiger partial charge in [0.2, 0.25) is 0 Å². The summed E-state index contributed by atoms with van der Waals surface area (Å²) in [5.41, 5.74) is 4.24. The van der Waals surface area contributed by atoms with Crippen molar-refractivity contribution in [2.45, 2.75) is 47.3 Å². The second kappa shape index (κ2) is 9.39. The third kappa shape index (κ3) is 5.33. The second-order valence-electron chi connectivity index (χ2n) is 6.61. The molecular formula is C22H30N2O2. The van der Waals surface area contributed by atoms with E-state index in [9.17, 15) is 4.79 Å². The van der Waals surface area contributed by atoms with E-state index in [0.717, 1.165) is 42.2 Å². The highest BCUT2D eigenvalue weighted by Crippen LogP contribution is 2.22. The molecule has 0 aliphatic carbocycles. The molecule has 2 aromatic rings. The third-order valence-corrected chi connectivity index (χ3v) is 4.75. The first-order valence-electron chi connectivity index (χ1n) is 9.29.